The van der Waals surface area contributed by atoms with Gasteiger partial charge in [-0.05, 0) is 92.9 Å². The van der Waals surface area contributed by atoms with Crippen molar-refractivity contribution in [2.24, 2.45) is 0 Å². The van der Waals surface area contributed by atoms with E-state index in [-0.39, 0.29) is 15.5 Å². The summed E-state index contributed by atoms with van der Waals surface area (Å²) in [6, 6.07) is 22.3. The van der Waals surface area contributed by atoms with Crippen LogP contribution in [0.2, 0.25) is 5.02 Å². The highest BCUT2D eigenvalue weighted by atomic mass is 35.5. The molecule has 0 radical (unpaired) electrons. The van der Waals surface area contributed by atoms with E-state index in [1.54, 1.807) is 37.3 Å². The number of sulfonamides is 2. The second kappa shape index (κ2) is 11.9. The molecule has 214 valence electrons. The van der Waals surface area contributed by atoms with Gasteiger partial charge in [-0.15, -0.1) is 0 Å². The first-order chi connectivity index (χ1) is 19.3. The number of halogens is 1. The molecule has 0 atom stereocenters. The van der Waals surface area contributed by atoms with Crippen LogP contribution in [0.3, 0.4) is 0 Å². The first kappa shape index (κ1) is 30.1. The molecule has 0 aliphatic rings. The van der Waals surface area contributed by atoms with E-state index in [1.165, 1.54) is 36.4 Å². The smallest absolute Gasteiger partial charge is 0.264 e. The van der Waals surface area contributed by atoms with E-state index in [1.807, 2.05) is 39.0 Å². The van der Waals surface area contributed by atoms with E-state index >= 15 is 0 Å². The minimum absolute atomic E-state index is 0.0104. The van der Waals surface area contributed by atoms with E-state index in [9.17, 15) is 21.6 Å². The molecule has 0 aromatic heterocycles. The van der Waals surface area contributed by atoms with Crippen LogP contribution in [0.5, 0.6) is 0 Å². The molecule has 0 aliphatic carbocycles. The number of nitrogens with one attached hydrogen (secondary N) is 2. The molecule has 0 unspecified atom stereocenters. The van der Waals surface area contributed by atoms with Crippen LogP contribution >= 0.6 is 11.6 Å². The fourth-order valence-corrected chi connectivity index (χ4v) is 7.07. The van der Waals surface area contributed by atoms with Crippen molar-refractivity contribution in [2.75, 3.05) is 20.9 Å². The van der Waals surface area contributed by atoms with Gasteiger partial charge in [-0.2, -0.15) is 0 Å². The molecular weight excluding hydrogens is 582 g/mol. The molecule has 0 spiro atoms. The number of carbonyl (C=O) groups excluding carboxylic acids is 1. The number of amides is 1. The molecule has 0 bridgehead atoms. The molecule has 4 rings (SSSR count). The Bertz CT molecular complexity index is 1790. The van der Waals surface area contributed by atoms with Crippen molar-refractivity contribution in [1.82, 2.24) is 0 Å². The Hall–Kier alpha value is -3.86. The van der Waals surface area contributed by atoms with Crippen LogP contribution in [-0.2, 0) is 24.8 Å². The summed E-state index contributed by atoms with van der Waals surface area (Å²) in [5, 5.41) is 3.02. The maximum atomic E-state index is 13.7. The first-order valence-corrected chi connectivity index (χ1v) is 15.9. The molecule has 2 N–H and O–H groups in total. The molecule has 4 aromatic rings. The van der Waals surface area contributed by atoms with E-state index in [0.29, 0.717) is 22.0 Å². The topological polar surface area (TPSA) is 113 Å². The fourth-order valence-electron chi connectivity index (χ4n) is 4.22. The van der Waals surface area contributed by atoms with Crippen molar-refractivity contribution in [1.29, 1.82) is 0 Å². The minimum atomic E-state index is -4.13. The lowest BCUT2D eigenvalue weighted by atomic mass is 10.1. The van der Waals surface area contributed by atoms with Crippen molar-refractivity contribution < 1.29 is 21.6 Å². The molecule has 41 heavy (non-hydrogen) atoms. The Morgan fingerprint density at radius 2 is 1.32 bits per heavy atom. The average molecular weight is 612 g/mol. The van der Waals surface area contributed by atoms with Gasteiger partial charge in [0, 0.05) is 10.7 Å². The third kappa shape index (κ3) is 6.73. The SMILES string of the molecule is Cc1ccc(S(=O)(=O)N(CC(=O)Nc2ccc(S(=O)(=O)Nc3c(C)cccc3C)cc2)c2cccc(Cl)c2C)cc1. The largest absolute Gasteiger partial charge is 0.325 e. The highest BCUT2D eigenvalue weighted by Gasteiger charge is 2.29. The number of anilines is 3. The molecule has 0 heterocycles. The van der Waals surface area contributed by atoms with E-state index < -0.39 is 32.5 Å². The third-order valence-electron chi connectivity index (χ3n) is 6.57. The molecule has 0 saturated carbocycles. The van der Waals surface area contributed by atoms with Crippen molar-refractivity contribution in [3.8, 4) is 0 Å². The molecule has 1 amide bonds. The number of hydrogen-bond acceptors (Lipinski definition) is 5. The van der Waals surface area contributed by atoms with Crippen molar-refractivity contribution in [3.63, 3.8) is 0 Å². The Morgan fingerprint density at radius 1 is 0.756 bits per heavy atom. The molecule has 0 saturated heterocycles. The number of para-hydroxylation sites is 1. The predicted molar refractivity (Wildman–Crippen MR) is 164 cm³/mol. The highest BCUT2D eigenvalue weighted by Crippen LogP contribution is 2.31. The summed E-state index contributed by atoms with van der Waals surface area (Å²) in [5.41, 5.74) is 4.06. The second-order valence-electron chi connectivity index (χ2n) is 9.65. The van der Waals surface area contributed by atoms with E-state index in [0.717, 1.165) is 21.0 Å². The van der Waals surface area contributed by atoms with Gasteiger partial charge in [0.15, 0.2) is 0 Å². The summed E-state index contributed by atoms with van der Waals surface area (Å²) in [5.74, 6) is -0.621. The summed E-state index contributed by atoms with van der Waals surface area (Å²) in [6.07, 6.45) is 0. The normalized spacial score (nSPS) is 11.6. The van der Waals surface area contributed by atoms with Gasteiger partial charge in [0.25, 0.3) is 20.0 Å². The highest BCUT2D eigenvalue weighted by molar-refractivity contribution is 7.93. The fraction of sp³-hybridized carbons (Fsp3) is 0.167. The molecular formula is C30H30ClN3O5S2. The lowest BCUT2D eigenvalue weighted by Crippen LogP contribution is -2.38. The van der Waals surface area contributed by atoms with Crippen molar-refractivity contribution in [2.45, 2.75) is 37.5 Å². The Balaban J connectivity index is 1.57. The third-order valence-corrected chi connectivity index (χ3v) is 10.1. The van der Waals surface area contributed by atoms with Crippen LogP contribution in [0.4, 0.5) is 17.1 Å². The summed E-state index contributed by atoms with van der Waals surface area (Å²) in [4.78, 5) is 13.2. The van der Waals surface area contributed by atoms with Gasteiger partial charge < -0.3 is 5.32 Å². The van der Waals surface area contributed by atoms with Gasteiger partial charge in [-0.3, -0.25) is 13.8 Å². The lowest BCUT2D eigenvalue weighted by Gasteiger charge is -2.26. The predicted octanol–water partition coefficient (Wildman–Crippen LogP) is 6.21. The number of benzene rings is 4. The van der Waals surface area contributed by atoms with Gasteiger partial charge in [0.2, 0.25) is 5.91 Å². The zero-order chi connectivity index (χ0) is 29.9. The molecule has 11 heteroatoms. The summed E-state index contributed by atoms with van der Waals surface area (Å²) >= 11 is 6.28. The van der Waals surface area contributed by atoms with Gasteiger partial charge >= 0.3 is 0 Å². The first-order valence-electron chi connectivity index (χ1n) is 12.6. The second-order valence-corrected chi connectivity index (χ2v) is 13.6. The summed E-state index contributed by atoms with van der Waals surface area (Å²) in [7, 11) is -8.02. The zero-order valence-corrected chi connectivity index (χ0v) is 25.4. The van der Waals surface area contributed by atoms with Gasteiger partial charge in [0.05, 0.1) is 21.2 Å². The van der Waals surface area contributed by atoms with Gasteiger partial charge in [-0.1, -0.05) is 53.6 Å². The maximum Gasteiger partial charge on any atom is 0.264 e. The van der Waals surface area contributed by atoms with Crippen LogP contribution in [0.25, 0.3) is 0 Å². The zero-order valence-electron chi connectivity index (χ0n) is 23.0. The molecule has 8 nitrogen and oxygen atoms in total. The summed E-state index contributed by atoms with van der Waals surface area (Å²) in [6.45, 7) is 6.62. The van der Waals surface area contributed by atoms with Gasteiger partial charge in [0.1, 0.15) is 6.54 Å². The van der Waals surface area contributed by atoms with E-state index in [2.05, 4.69) is 10.0 Å². The quantitative estimate of drug-likeness (QED) is 0.234. The van der Waals surface area contributed by atoms with E-state index in [4.69, 9.17) is 11.6 Å². The molecule has 4 aromatic carbocycles. The Kier molecular flexibility index (Phi) is 8.77. The van der Waals surface area contributed by atoms with Gasteiger partial charge in [-0.25, -0.2) is 16.8 Å². The molecule has 0 fully saturated rings. The number of carbonyl (C=O) groups is 1. The number of aryl methyl sites for hydroxylation is 3. The van der Waals surface area contributed by atoms with Crippen molar-refractivity contribution >= 4 is 54.6 Å². The summed E-state index contributed by atoms with van der Waals surface area (Å²) < 4.78 is 57.0. The van der Waals surface area contributed by atoms with Crippen LogP contribution in [0.15, 0.2) is 94.7 Å². The minimum Gasteiger partial charge on any atom is -0.325 e. The van der Waals surface area contributed by atoms with Crippen LogP contribution in [0.1, 0.15) is 22.3 Å². The average Bonchev–Trinajstić information content (AvgIpc) is 2.92. The number of rotatable bonds is 9. The number of hydrogen-bond donors (Lipinski definition) is 2. The standard InChI is InChI=1S/C30H30ClN3O5S2/c1-20-11-15-26(16-12-20)41(38,39)34(28-10-6-9-27(31)23(28)4)19-29(35)32-24-13-17-25(18-14-24)40(36,37)33-30-21(2)7-5-8-22(30)3/h5-18,33H,19H2,1-4H3,(H,32,35). The monoisotopic (exact) mass is 611 g/mol. The maximum absolute atomic E-state index is 13.7. The molecule has 0 aliphatic heterocycles. The number of nitrogens with zero attached hydrogens (tertiary/aromatic N) is 1. The Labute approximate surface area is 246 Å². The lowest BCUT2D eigenvalue weighted by molar-refractivity contribution is -0.114. The Morgan fingerprint density at radius 3 is 1.93 bits per heavy atom. The van der Waals surface area contributed by atoms with Crippen LogP contribution in [0, 0.1) is 27.7 Å². The van der Waals surface area contributed by atoms with Crippen LogP contribution in [-0.4, -0.2) is 29.3 Å². The van der Waals surface area contributed by atoms with Crippen molar-refractivity contribution in [3.05, 3.63) is 112 Å². The van der Waals surface area contributed by atoms with Crippen LogP contribution < -0.4 is 14.3 Å².